The molecule has 3 heterocycles. The molecule has 5 rings (SSSR count). The molecule has 178 valence electrons. The number of halogens is 1. The lowest BCUT2D eigenvalue weighted by molar-refractivity contribution is 0.0706. The van der Waals surface area contributed by atoms with Gasteiger partial charge in [-0.25, -0.2) is 4.39 Å². The van der Waals surface area contributed by atoms with Crippen molar-refractivity contribution in [1.82, 2.24) is 9.58 Å². The summed E-state index contributed by atoms with van der Waals surface area (Å²) < 4.78 is 21.2. The summed E-state index contributed by atoms with van der Waals surface area (Å²) in [6.45, 7) is 4.90. The predicted octanol–water partition coefficient (Wildman–Crippen LogP) is 3.91. The quantitative estimate of drug-likeness (QED) is 0.510. The van der Waals surface area contributed by atoms with Gasteiger partial charge in [-0.3, -0.25) is 19.3 Å². The number of ether oxygens (including phenoxy) is 1. The number of fused-ring (bicyclic) bond motifs is 5. The standard InChI is InChI=1S/C18H16FN3O4.C6H6.C2H6/c19-13-5-3-4-12-10-21-11-20(7-1-2-9-26-17(12)13)18(25)15-16(24)14(23)6-8-22(15)21;1-2-4-6-5-3-1;1-2/h1-6,8,24H,7,9-11H2;1-6H;1-2H3/b2-1+;;. The third-order valence-electron chi connectivity index (χ3n) is 5.07. The fraction of sp³-hybridized carbons (Fsp3) is 0.231. The number of aromatic nitrogens is 1. The lowest BCUT2D eigenvalue weighted by Crippen LogP contribution is -2.53. The maximum atomic E-state index is 14.2. The van der Waals surface area contributed by atoms with Crippen LogP contribution in [0.4, 0.5) is 4.39 Å². The number of carbonyl (C=O) groups is 1. The van der Waals surface area contributed by atoms with Crippen molar-refractivity contribution in [1.29, 1.82) is 0 Å². The molecule has 2 aromatic carbocycles. The molecule has 3 aromatic rings. The van der Waals surface area contributed by atoms with Gasteiger partial charge < -0.3 is 14.7 Å². The fourth-order valence-corrected chi connectivity index (χ4v) is 3.52. The fourth-order valence-electron chi connectivity index (χ4n) is 3.52. The molecule has 0 saturated heterocycles. The molecule has 2 bridgehead atoms. The van der Waals surface area contributed by atoms with Crippen molar-refractivity contribution in [2.75, 3.05) is 24.8 Å². The van der Waals surface area contributed by atoms with Crippen molar-refractivity contribution >= 4 is 5.91 Å². The monoisotopic (exact) mass is 465 g/mol. The number of nitrogens with zero attached hydrogens (tertiary/aromatic N) is 3. The summed E-state index contributed by atoms with van der Waals surface area (Å²) in [5.74, 6) is -1.36. The van der Waals surface area contributed by atoms with Crippen molar-refractivity contribution in [2.24, 2.45) is 0 Å². The third kappa shape index (κ3) is 5.46. The lowest BCUT2D eigenvalue weighted by atomic mass is 10.2. The Morgan fingerprint density at radius 2 is 1.62 bits per heavy atom. The summed E-state index contributed by atoms with van der Waals surface area (Å²) in [5, 5.41) is 11.9. The first-order valence-corrected chi connectivity index (χ1v) is 11.1. The van der Waals surface area contributed by atoms with Crippen LogP contribution in [-0.2, 0) is 6.54 Å². The number of benzene rings is 2. The van der Waals surface area contributed by atoms with Gasteiger partial charge in [-0.2, -0.15) is 0 Å². The van der Waals surface area contributed by atoms with Crippen molar-refractivity contribution in [3.05, 3.63) is 106 Å². The number of carbonyl (C=O) groups excluding carboxylic acids is 1. The molecular formula is C26H28FN3O4. The number of aromatic hydroxyl groups is 1. The van der Waals surface area contributed by atoms with E-state index >= 15 is 0 Å². The number of para-hydroxylation sites is 1. The molecule has 0 atom stereocenters. The van der Waals surface area contributed by atoms with E-state index < -0.39 is 22.9 Å². The van der Waals surface area contributed by atoms with Crippen LogP contribution in [0.2, 0.25) is 0 Å². The molecule has 1 aromatic heterocycles. The number of amides is 1. The van der Waals surface area contributed by atoms with Crippen LogP contribution in [-0.4, -0.2) is 40.4 Å². The van der Waals surface area contributed by atoms with E-state index in [1.165, 1.54) is 27.9 Å². The number of rotatable bonds is 0. The first-order chi connectivity index (χ1) is 16.6. The van der Waals surface area contributed by atoms with Gasteiger partial charge in [0.15, 0.2) is 23.0 Å². The SMILES string of the molecule is CC.O=C1c2c(O)c(=O)ccn2N2Cc3cccc(F)c3OC/C=C/CN1C2.c1ccccc1. The molecule has 0 radical (unpaired) electrons. The van der Waals surface area contributed by atoms with Gasteiger partial charge in [0.25, 0.3) is 5.91 Å². The molecular weight excluding hydrogens is 437 g/mol. The smallest absolute Gasteiger partial charge is 0.278 e. The van der Waals surface area contributed by atoms with Gasteiger partial charge in [-0.05, 0) is 12.1 Å². The number of pyridine rings is 1. The van der Waals surface area contributed by atoms with Crippen LogP contribution in [0.15, 0.2) is 83.8 Å². The first-order valence-electron chi connectivity index (χ1n) is 11.1. The van der Waals surface area contributed by atoms with Gasteiger partial charge in [0.1, 0.15) is 13.3 Å². The normalized spacial score (nSPS) is 15.1. The second-order valence-electron chi connectivity index (χ2n) is 7.22. The molecule has 1 N–H and O–H groups in total. The highest BCUT2D eigenvalue weighted by Gasteiger charge is 2.32. The van der Waals surface area contributed by atoms with Crippen LogP contribution in [0.3, 0.4) is 0 Å². The number of hydrogen-bond donors (Lipinski definition) is 1. The minimum Gasteiger partial charge on any atom is -0.502 e. The summed E-state index contributed by atoms with van der Waals surface area (Å²) >= 11 is 0. The van der Waals surface area contributed by atoms with Crippen molar-refractivity contribution in [3.63, 3.8) is 0 Å². The van der Waals surface area contributed by atoms with Gasteiger partial charge >= 0.3 is 0 Å². The largest absolute Gasteiger partial charge is 0.502 e. The molecule has 0 unspecified atom stereocenters. The average Bonchev–Trinajstić information content (AvgIpc) is 2.90. The highest BCUT2D eigenvalue weighted by molar-refractivity contribution is 5.96. The molecule has 34 heavy (non-hydrogen) atoms. The Morgan fingerprint density at radius 1 is 0.941 bits per heavy atom. The van der Waals surface area contributed by atoms with Gasteiger partial charge in [-0.15, -0.1) is 0 Å². The minimum absolute atomic E-state index is 0.102. The van der Waals surface area contributed by atoms with Gasteiger partial charge in [-0.1, -0.05) is 68.5 Å². The Hall–Kier alpha value is -4.07. The van der Waals surface area contributed by atoms with Crippen LogP contribution < -0.4 is 15.2 Å². The van der Waals surface area contributed by atoms with E-state index in [1.54, 1.807) is 29.3 Å². The second kappa shape index (κ2) is 11.7. The van der Waals surface area contributed by atoms with E-state index in [1.807, 2.05) is 50.2 Å². The predicted molar refractivity (Wildman–Crippen MR) is 129 cm³/mol. The summed E-state index contributed by atoms with van der Waals surface area (Å²) in [6, 6.07) is 17.8. The third-order valence-corrected chi connectivity index (χ3v) is 5.07. The van der Waals surface area contributed by atoms with Crippen LogP contribution in [0.25, 0.3) is 0 Å². The van der Waals surface area contributed by atoms with E-state index in [2.05, 4.69) is 0 Å². The van der Waals surface area contributed by atoms with E-state index in [0.29, 0.717) is 5.56 Å². The molecule has 7 nitrogen and oxygen atoms in total. The molecule has 0 aliphatic carbocycles. The van der Waals surface area contributed by atoms with Gasteiger partial charge in [0.2, 0.25) is 5.43 Å². The Kier molecular flexibility index (Phi) is 8.45. The van der Waals surface area contributed by atoms with Crippen LogP contribution >= 0.6 is 0 Å². The highest BCUT2D eigenvalue weighted by atomic mass is 19.1. The van der Waals surface area contributed by atoms with E-state index in [-0.39, 0.29) is 37.8 Å². The van der Waals surface area contributed by atoms with Crippen LogP contribution in [0.5, 0.6) is 11.5 Å². The van der Waals surface area contributed by atoms with Crippen molar-refractivity contribution < 1.29 is 19.0 Å². The summed E-state index contributed by atoms with van der Waals surface area (Å²) in [6.07, 6.45) is 4.86. The summed E-state index contributed by atoms with van der Waals surface area (Å²) in [5.41, 5.74) is -0.130. The van der Waals surface area contributed by atoms with Crippen LogP contribution in [0, 0.1) is 5.82 Å². The molecule has 1 amide bonds. The van der Waals surface area contributed by atoms with Gasteiger partial charge in [0, 0.05) is 24.4 Å². The zero-order chi connectivity index (χ0) is 24.5. The zero-order valence-electron chi connectivity index (χ0n) is 19.2. The van der Waals surface area contributed by atoms with Crippen molar-refractivity contribution in [2.45, 2.75) is 20.4 Å². The van der Waals surface area contributed by atoms with E-state index in [0.717, 1.165) is 0 Å². The average molecular weight is 466 g/mol. The van der Waals surface area contributed by atoms with Gasteiger partial charge in [0.05, 0.1) is 6.54 Å². The van der Waals surface area contributed by atoms with E-state index in [9.17, 15) is 19.1 Å². The maximum absolute atomic E-state index is 14.2. The summed E-state index contributed by atoms with van der Waals surface area (Å²) in [7, 11) is 0. The Balaban J connectivity index is 0.000000348. The topological polar surface area (TPSA) is 75.0 Å². The Bertz CT molecular complexity index is 1170. The zero-order valence-corrected chi connectivity index (χ0v) is 19.2. The molecule has 8 heteroatoms. The second-order valence-corrected chi connectivity index (χ2v) is 7.22. The Morgan fingerprint density at radius 3 is 2.29 bits per heavy atom. The lowest BCUT2D eigenvalue weighted by Gasteiger charge is -2.39. The minimum atomic E-state index is -0.624. The number of hydrogen-bond acceptors (Lipinski definition) is 5. The Labute approximate surface area is 197 Å². The summed E-state index contributed by atoms with van der Waals surface area (Å²) in [4.78, 5) is 26.0. The highest BCUT2D eigenvalue weighted by Crippen LogP contribution is 2.27. The molecule has 0 fully saturated rings. The molecule has 2 aliphatic rings. The van der Waals surface area contributed by atoms with Crippen LogP contribution in [0.1, 0.15) is 29.9 Å². The van der Waals surface area contributed by atoms with E-state index in [4.69, 9.17) is 4.74 Å². The van der Waals surface area contributed by atoms with Crippen molar-refractivity contribution in [3.8, 4) is 11.5 Å². The molecule has 0 spiro atoms. The molecule has 2 aliphatic heterocycles. The maximum Gasteiger partial charge on any atom is 0.278 e. The first kappa shape index (κ1) is 24.6. The molecule has 0 saturated carbocycles.